The van der Waals surface area contributed by atoms with E-state index in [9.17, 15) is 9.59 Å². The lowest BCUT2D eigenvalue weighted by Gasteiger charge is -2.40. The van der Waals surface area contributed by atoms with Gasteiger partial charge in [-0.25, -0.2) is 4.79 Å². The average Bonchev–Trinajstić information content (AvgIpc) is 3.17. The molecule has 45 heavy (non-hydrogen) atoms. The number of aromatic nitrogens is 1. The van der Waals surface area contributed by atoms with Gasteiger partial charge in [0.1, 0.15) is 0 Å². The van der Waals surface area contributed by atoms with E-state index in [1.165, 1.54) is 22.3 Å². The van der Waals surface area contributed by atoms with Gasteiger partial charge in [0.05, 0.1) is 11.7 Å². The maximum absolute atomic E-state index is 12.6. The van der Waals surface area contributed by atoms with Crippen LogP contribution in [-0.4, -0.2) is 70.4 Å². The number of rotatable bonds is 5. The van der Waals surface area contributed by atoms with Gasteiger partial charge in [0.2, 0.25) is 6.41 Å². The number of fused-ring (bicyclic) bond motifs is 2. The highest BCUT2D eigenvalue weighted by Gasteiger charge is 2.33. The second-order valence-electron chi connectivity index (χ2n) is 11.8. The van der Waals surface area contributed by atoms with Crippen molar-refractivity contribution in [1.82, 2.24) is 25.0 Å². The highest BCUT2D eigenvalue weighted by atomic mass is 79.9. The SMILES string of the molecule is C.C#C.CC(C)(C)NC(=O)N1CCN(C2c3ccc(Cl)cc3CCc3cc(Br)cnc32)CC1.CCN(C=O)Cc1ccccc1. The number of terminal acetylenes is 1. The highest BCUT2D eigenvalue weighted by Crippen LogP contribution is 2.38. The quantitative estimate of drug-likeness (QED) is 0.224. The molecule has 7 nitrogen and oxygen atoms in total. The first-order valence-electron chi connectivity index (χ1n) is 14.9. The number of halogens is 2. The summed E-state index contributed by atoms with van der Waals surface area (Å²) >= 11 is 9.90. The minimum atomic E-state index is -0.232. The molecule has 1 aromatic heterocycles. The van der Waals surface area contributed by atoms with Crippen LogP contribution in [0.1, 0.15) is 69.1 Å². The second-order valence-corrected chi connectivity index (χ2v) is 13.2. The molecule has 242 valence electrons. The van der Waals surface area contributed by atoms with Crippen LogP contribution < -0.4 is 5.32 Å². The van der Waals surface area contributed by atoms with Gasteiger partial charge in [-0.2, -0.15) is 0 Å². The van der Waals surface area contributed by atoms with E-state index in [0.717, 1.165) is 54.1 Å². The van der Waals surface area contributed by atoms with E-state index >= 15 is 0 Å². The number of nitrogens with one attached hydrogen (secondary N) is 1. The van der Waals surface area contributed by atoms with Crippen molar-refractivity contribution in [3.8, 4) is 12.8 Å². The Morgan fingerprint density at radius 3 is 2.31 bits per heavy atom. The molecule has 3 aromatic rings. The third-order valence-electron chi connectivity index (χ3n) is 7.52. The van der Waals surface area contributed by atoms with Gasteiger partial charge in [-0.15, -0.1) is 12.8 Å². The van der Waals surface area contributed by atoms with Gasteiger partial charge >= 0.3 is 6.03 Å². The van der Waals surface area contributed by atoms with Crippen LogP contribution in [0.2, 0.25) is 5.02 Å². The van der Waals surface area contributed by atoms with Gasteiger partial charge in [0.25, 0.3) is 0 Å². The summed E-state index contributed by atoms with van der Waals surface area (Å²) in [6.07, 6.45) is 12.7. The minimum absolute atomic E-state index is 0. The smallest absolute Gasteiger partial charge is 0.317 e. The van der Waals surface area contributed by atoms with Crippen LogP contribution in [0.15, 0.2) is 65.3 Å². The summed E-state index contributed by atoms with van der Waals surface area (Å²) in [5.74, 6) is 0. The van der Waals surface area contributed by atoms with Gasteiger partial charge in [-0.3, -0.25) is 14.7 Å². The predicted octanol–water partition coefficient (Wildman–Crippen LogP) is 7.36. The molecule has 2 heterocycles. The fourth-order valence-electron chi connectivity index (χ4n) is 5.41. The van der Waals surface area contributed by atoms with Crippen molar-refractivity contribution < 1.29 is 9.59 Å². The van der Waals surface area contributed by atoms with Crippen molar-refractivity contribution >= 4 is 40.0 Å². The Kier molecular flexibility index (Phi) is 15.1. The molecule has 0 bridgehead atoms. The van der Waals surface area contributed by atoms with Gasteiger partial charge < -0.3 is 15.1 Å². The number of benzene rings is 2. The molecule has 9 heteroatoms. The van der Waals surface area contributed by atoms with E-state index in [2.05, 4.69) is 57.2 Å². The highest BCUT2D eigenvalue weighted by molar-refractivity contribution is 9.10. The zero-order chi connectivity index (χ0) is 32.3. The third-order valence-corrected chi connectivity index (χ3v) is 8.19. The largest absolute Gasteiger partial charge is 0.341 e. The van der Waals surface area contributed by atoms with Crippen LogP contribution in [0.3, 0.4) is 0 Å². The third kappa shape index (κ3) is 10.9. The molecule has 1 unspecified atom stereocenters. The zero-order valence-electron chi connectivity index (χ0n) is 26.1. The van der Waals surface area contributed by atoms with E-state index in [1.807, 2.05) is 75.2 Å². The number of nitrogens with zero attached hydrogens (tertiary/aromatic N) is 4. The molecule has 0 saturated carbocycles. The van der Waals surface area contributed by atoms with Crippen LogP contribution in [0, 0.1) is 12.8 Å². The fourth-order valence-corrected chi connectivity index (χ4v) is 5.98. The van der Waals surface area contributed by atoms with E-state index < -0.39 is 0 Å². The molecule has 1 aliphatic carbocycles. The molecule has 2 aliphatic rings. The number of amides is 3. The van der Waals surface area contributed by atoms with Crippen LogP contribution in [0.4, 0.5) is 4.79 Å². The van der Waals surface area contributed by atoms with Crippen LogP contribution >= 0.6 is 27.5 Å². The molecule has 1 fully saturated rings. The van der Waals surface area contributed by atoms with Gasteiger partial charge in [0.15, 0.2) is 0 Å². The molecule has 1 saturated heterocycles. The summed E-state index contributed by atoms with van der Waals surface area (Å²) in [6, 6.07) is 18.5. The normalized spacial score (nSPS) is 15.6. The summed E-state index contributed by atoms with van der Waals surface area (Å²) in [7, 11) is 0. The van der Waals surface area contributed by atoms with Crippen molar-refractivity contribution in [1.29, 1.82) is 0 Å². The van der Waals surface area contributed by atoms with E-state index in [4.69, 9.17) is 16.6 Å². The maximum atomic E-state index is 12.6. The molecule has 1 atom stereocenters. The Morgan fingerprint density at radius 1 is 1.07 bits per heavy atom. The van der Waals surface area contributed by atoms with Crippen LogP contribution in [0.5, 0.6) is 0 Å². The van der Waals surface area contributed by atoms with Crippen molar-refractivity contribution in [2.45, 2.75) is 66.1 Å². The molecular formula is C36H47BrClN5O2. The Bertz CT molecular complexity index is 1350. The lowest BCUT2D eigenvalue weighted by Crippen LogP contribution is -2.55. The number of urea groups is 1. The van der Waals surface area contributed by atoms with E-state index in [1.54, 1.807) is 4.90 Å². The van der Waals surface area contributed by atoms with E-state index in [0.29, 0.717) is 19.6 Å². The maximum Gasteiger partial charge on any atom is 0.317 e. The molecule has 3 amide bonds. The second kappa shape index (κ2) is 17.9. The first kappa shape index (κ1) is 37.8. The molecular weight excluding hydrogens is 650 g/mol. The predicted molar refractivity (Wildman–Crippen MR) is 189 cm³/mol. The Morgan fingerprint density at radius 2 is 1.71 bits per heavy atom. The summed E-state index contributed by atoms with van der Waals surface area (Å²) in [6.45, 7) is 12.5. The Balaban J connectivity index is 0.000000397. The summed E-state index contributed by atoms with van der Waals surface area (Å²) in [4.78, 5) is 34.0. The first-order valence-corrected chi connectivity index (χ1v) is 16.1. The molecule has 2 aromatic carbocycles. The average molecular weight is 697 g/mol. The number of hydrogen-bond acceptors (Lipinski definition) is 4. The summed E-state index contributed by atoms with van der Waals surface area (Å²) < 4.78 is 1.01. The molecule has 5 rings (SSSR count). The van der Waals surface area contributed by atoms with Gasteiger partial charge in [-0.1, -0.05) is 55.4 Å². The standard InChI is InChI=1S/C23H28BrClN4O.C10H13NO.C2H2.CH4/c1-23(2,3)27-22(30)29-10-8-28(9-11-29)21-19-7-6-18(25)13-15(19)4-5-16-12-17(24)14-26-20(16)21;1-2-11(9-12)8-10-6-4-3-5-7-10;1-2;/h6-7,12-14,21H,4-5,8-11H2,1-3H3,(H,27,30);3-7,9H,2,8H2,1H3;1-2H;1H4. The van der Waals surface area contributed by atoms with Crippen molar-refractivity contribution in [2.24, 2.45) is 0 Å². The number of pyridine rings is 1. The Labute approximate surface area is 283 Å². The molecule has 0 radical (unpaired) electrons. The number of carbonyl (C=O) groups excluding carboxylic acids is 2. The Hall–Kier alpha value is -3.38. The number of hydrogen-bond donors (Lipinski definition) is 1. The van der Waals surface area contributed by atoms with Crippen molar-refractivity contribution in [3.05, 3.63) is 98.2 Å². The van der Waals surface area contributed by atoms with Gasteiger partial charge in [0, 0.05) is 60.5 Å². The zero-order valence-corrected chi connectivity index (χ0v) is 28.4. The van der Waals surface area contributed by atoms with E-state index in [-0.39, 0.29) is 25.0 Å². The fraction of sp³-hybridized carbons (Fsp3) is 0.417. The summed E-state index contributed by atoms with van der Waals surface area (Å²) in [5.41, 5.74) is 5.90. The van der Waals surface area contributed by atoms with Crippen LogP contribution in [0.25, 0.3) is 0 Å². The molecule has 1 N–H and O–H groups in total. The number of piperazine rings is 1. The number of carbonyl (C=O) groups is 2. The lowest BCUT2D eigenvalue weighted by molar-refractivity contribution is -0.118. The van der Waals surface area contributed by atoms with Gasteiger partial charge in [-0.05, 0) is 96.9 Å². The lowest BCUT2D eigenvalue weighted by atomic mass is 9.96. The monoisotopic (exact) mass is 695 g/mol. The topological polar surface area (TPSA) is 68.8 Å². The summed E-state index contributed by atoms with van der Waals surface area (Å²) in [5, 5.41) is 3.85. The van der Waals surface area contributed by atoms with Crippen molar-refractivity contribution in [2.75, 3.05) is 32.7 Å². The number of aryl methyl sites for hydroxylation is 2. The van der Waals surface area contributed by atoms with Crippen molar-refractivity contribution in [3.63, 3.8) is 0 Å². The molecule has 0 spiro atoms. The molecule has 1 aliphatic heterocycles. The first-order chi connectivity index (χ1) is 21.1. The van der Waals surface area contributed by atoms with Crippen LogP contribution in [-0.2, 0) is 24.2 Å². The minimum Gasteiger partial charge on any atom is -0.341 e.